The summed E-state index contributed by atoms with van der Waals surface area (Å²) in [6.45, 7) is 6.15. The second-order valence-corrected chi connectivity index (χ2v) is 7.54. The Hall–Kier alpha value is -2.21. The van der Waals surface area contributed by atoms with Crippen molar-refractivity contribution in [1.82, 2.24) is 4.90 Å². The van der Waals surface area contributed by atoms with Gasteiger partial charge in [-0.05, 0) is 44.0 Å². The number of sulfone groups is 1. The Balaban J connectivity index is 2.52. The molecule has 0 bridgehead atoms. The standard InChI is InChI=1S/C18H21FN2O2S/c1-5-21(4)12-20-16-11-15(19)18(10-14(16)3)24(22,23)17-9-7-6-8-13(17)2/h6-12H,5H2,1-4H3. The molecule has 4 nitrogen and oxygen atoms in total. The van der Waals surface area contributed by atoms with Gasteiger partial charge in [-0.1, -0.05) is 18.2 Å². The molecule has 0 aliphatic heterocycles. The van der Waals surface area contributed by atoms with Gasteiger partial charge in [-0.25, -0.2) is 17.8 Å². The fourth-order valence-corrected chi connectivity index (χ4v) is 3.84. The van der Waals surface area contributed by atoms with Crippen LogP contribution in [0.25, 0.3) is 0 Å². The molecule has 0 spiro atoms. The average molecular weight is 348 g/mol. The molecular formula is C18H21FN2O2S. The van der Waals surface area contributed by atoms with E-state index < -0.39 is 15.7 Å². The summed E-state index contributed by atoms with van der Waals surface area (Å²) in [5.41, 5.74) is 1.60. The quantitative estimate of drug-likeness (QED) is 0.608. The summed E-state index contributed by atoms with van der Waals surface area (Å²) in [4.78, 5) is 5.85. The Bertz CT molecular complexity index is 877. The summed E-state index contributed by atoms with van der Waals surface area (Å²) >= 11 is 0. The number of hydrogen-bond acceptors (Lipinski definition) is 3. The molecule has 0 aliphatic rings. The van der Waals surface area contributed by atoms with Crippen molar-refractivity contribution < 1.29 is 12.8 Å². The molecule has 0 unspecified atom stereocenters. The molecule has 0 saturated carbocycles. The monoisotopic (exact) mass is 348 g/mol. The second-order valence-electron chi connectivity index (χ2n) is 5.66. The third-order valence-electron chi connectivity index (χ3n) is 3.82. The smallest absolute Gasteiger partial charge is 0.209 e. The molecule has 128 valence electrons. The molecule has 2 rings (SSSR count). The summed E-state index contributed by atoms with van der Waals surface area (Å²) < 4.78 is 40.0. The number of rotatable bonds is 5. The van der Waals surface area contributed by atoms with Crippen molar-refractivity contribution in [3.63, 3.8) is 0 Å². The van der Waals surface area contributed by atoms with Crippen LogP contribution in [-0.2, 0) is 9.84 Å². The van der Waals surface area contributed by atoms with Gasteiger partial charge in [0.15, 0.2) is 0 Å². The van der Waals surface area contributed by atoms with Crippen molar-refractivity contribution in [1.29, 1.82) is 0 Å². The van der Waals surface area contributed by atoms with Crippen molar-refractivity contribution >= 4 is 21.9 Å². The molecule has 24 heavy (non-hydrogen) atoms. The first-order chi connectivity index (χ1) is 11.3. The molecule has 0 aliphatic carbocycles. The fraction of sp³-hybridized carbons (Fsp3) is 0.278. The maximum Gasteiger partial charge on any atom is 0.209 e. The van der Waals surface area contributed by atoms with E-state index in [0.29, 0.717) is 16.8 Å². The zero-order chi connectivity index (χ0) is 17.9. The van der Waals surface area contributed by atoms with Crippen molar-refractivity contribution in [2.24, 2.45) is 4.99 Å². The lowest BCUT2D eigenvalue weighted by Crippen LogP contribution is -2.14. The zero-order valence-electron chi connectivity index (χ0n) is 14.2. The Labute approximate surface area is 142 Å². The van der Waals surface area contributed by atoms with Crippen molar-refractivity contribution in [2.75, 3.05) is 13.6 Å². The maximum absolute atomic E-state index is 14.5. The molecule has 0 aromatic heterocycles. The van der Waals surface area contributed by atoms with Crippen LogP contribution < -0.4 is 0 Å². The lowest BCUT2D eigenvalue weighted by Gasteiger charge is -2.12. The molecule has 6 heteroatoms. The van der Waals surface area contributed by atoms with E-state index in [0.717, 1.165) is 6.54 Å². The van der Waals surface area contributed by atoms with Gasteiger partial charge in [0.25, 0.3) is 0 Å². The molecule has 0 atom stereocenters. The van der Waals surface area contributed by atoms with Gasteiger partial charge in [0.05, 0.1) is 16.9 Å². The normalized spacial score (nSPS) is 11.9. The van der Waals surface area contributed by atoms with E-state index in [1.54, 1.807) is 38.4 Å². The predicted molar refractivity (Wildman–Crippen MR) is 94.2 cm³/mol. The lowest BCUT2D eigenvalue weighted by molar-refractivity contribution is 0.551. The van der Waals surface area contributed by atoms with Crippen LogP contribution >= 0.6 is 0 Å². The van der Waals surface area contributed by atoms with E-state index in [9.17, 15) is 12.8 Å². The summed E-state index contributed by atoms with van der Waals surface area (Å²) in [6, 6.07) is 9.07. The van der Waals surface area contributed by atoms with Gasteiger partial charge in [0.2, 0.25) is 9.84 Å². The van der Waals surface area contributed by atoms with Crippen molar-refractivity contribution in [2.45, 2.75) is 30.6 Å². The number of aryl methyl sites for hydroxylation is 2. The van der Waals surface area contributed by atoms with Crippen LogP contribution in [0.15, 0.2) is 51.2 Å². The topological polar surface area (TPSA) is 49.7 Å². The minimum absolute atomic E-state index is 0.116. The first-order valence-electron chi connectivity index (χ1n) is 7.62. The Kier molecular flexibility index (Phi) is 5.39. The third-order valence-corrected chi connectivity index (χ3v) is 5.74. The van der Waals surface area contributed by atoms with E-state index in [1.807, 2.05) is 18.9 Å². The molecule has 2 aromatic rings. The van der Waals surface area contributed by atoms with Crippen molar-refractivity contribution in [3.8, 4) is 0 Å². The minimum atomic E-state index is -3.91. The van der Waals surface area contributed by atoms with E-state index in [2.05, 4.69) is 4.99 Å². The van der Waals surface area contributed by atoms with Gasteiger partial charge >= 0.3 is 0 Å². The van der Waals surface area contributed by atoms with E-state index in [-0.39, 0.29) is 9.79 Å². The van der Waals surface area contributed by atoms with Crippen LogP contribution in [0.2, 0.25) is 0 Å². The van der Waals surface area contributed by atoms with Gasteiger partial charge in [-0.15, -0.1) is 0 Å². The summed E-state index contributed by atoms with van der Waals surface area (Å²) in [7, 11) is -2.06. The third kappa shape index (κ3) is 3.64. The van der Waals surface area contributed by atoms with Gasteiger partial charge < -0.3 is 4.90 Å². The second kappa shape index (κ2) is 7.13. The maximum atomic E-state index is 14.5. The van der Waals surface area contributed by atoms with Crippen LogP contribution in [0.5, 0.6) is 0 Å². The minimum Gasteiger partial charge on any atom is -0.366 e. The molecule has 0 radical (unpaired) electrons. The van der Waals surface area contributed by atoms with Crippen LogP contribution in [0, 0.1) is 19.7 Å². The van der Waals surface area contributed by atoms with Gasteiger partial charge in [-0.2, -0.15) is 0 Å². The predicted octanol–water partition coefficient (Wildman–Crippen LogP) is 3.89. The number of benzene rings is 2. The summed E-state index contributed by atoms with van der Waals surface area (Å²) in [6.07, 6.45) is 1.59. The number of nitrogens with zero attached hydrogens (tertiary/aromatic N) is 2. The van der Waals surface area contributed by atoms with Gasteiger partial charge in [-0.3, -0.25) is 0 Å². The summed E-state index contributed by atoms with van der Waals surface area (Å²) in [5.74, 6) is -0.796. The number of halogens is 1. The highest BCUT2D eigenvalue weighted by Crippen LogP contribution is 2.30. The highest BCUT2D eigenvalue weighted by molar-refractivity contribution is 7.91. The molecule has 0 heterocycles. The number of aliphatic imine (C=N–C) groups is 1. The van der Waals surface area contributed by atoms with Crippen LogP contribution in [0.3, 0.4) is 0 Å². The van der Waals surface area contributed by atoms with E-state index in [1.165, 1.54) is 18.2 Å². The Morgan fingerprint density at radius 2 is 1.79 bits per heavy atom. The summed E-state index contributed by atoms with van der Waals surface area (Å²) in [5, 5.41) is 0. The SMILES string of the molecule is CCN(C)C=Nc1cc(F)c(S(=O)(=O)c2ccccc2C)cc1C. The van der Waals surface area contributed by atoms with Crippen LogP contribution in [0.1, 0.15) is 18.1 Å². The molecule has 0 amide bonds. The lowest BCUT2D eigenvalue weighted by atomic mass is 10.2. The number of hydrogen-bond donors (Lipinski definition) is 0. The van der Waals surface area contributed by atoms with Crippen LogP contribution in [0.4, 0.5) is 10.1 Å². The van der Waals surface area contributed by atoms with Gasteiger partial charge in [0.1, 0.15) is 10.7 Å². The van der Waals surface area contributed by atoms with Crippen molar-refractivity contribution in [3.05, 3.63) is 53.3 Å². The fourth-order valence-electron chi connectivity index (χ4n) is 2.21. The molecule has 0 N–H and O–H groups in total. The highest BCUT2D eigenvalue weighted by Gasteiger charge is 2.24. The zero-order valence-corrected chi connectivity index (χ0v) is 15.1. The highest BCUT2D eigenvalue weighted by atomic mass is 32.2. The van der Waals surface area contributed by atoms with Gasteiger partial charge in [0, 0.05) is 19.7 Å². The Morgan fingerprint density at radius 1 is 1.12 bits per heavy atom. The largest absolute Gasteiger partial charge is 0.366 e. The average Bonchev–Trinajstić information content (AvgIpc) is 2.54. The first-order valence-corrected chi connectivity index (χ1v) is 9.11. The molecule has 2 aromatic carbocycles. The molecular weight excluding hydrogens is 327 g/mol. The Morgan fingerprint density at radius 3 is 2.42 bits per heavy atom. The molecule has 0 fully saturated rings. The van der Waals surface area contributed by atoms with E-state index in [4.69, 9.17) is 0 Å². The van der Waals surface area contributed by atoms with E-state index >= 15 is 0 Å². The first kappa shape index (κ1) is 18.1. The van der Waals surface area contributed by atoms with Crippen LogP contribution in [-0.4, -0.2) is 33.2 Å². The molecule has 0 saturated heterocycles.